The average molecular weight is 348 g/mol. The summed E-state index contributed by atoms with van der Waals surface area (Å²) in [7, 11) is 0. The molecular weight excluding hydrogens is 335 g/mol. The molecule has 0 fully saturated rings. The number of nitrogens with two attached hydrogens (primary N) is 1. The van der Waals surface area contributed by atoms with E-state index in [4.69, 9.17) is 5.73 Å². The topological polar surface area (TPSA) is 64.7 Å². The van der Waals surface area contributed by atoms with Crippen LogP contribution >= 0.6 is 11.5 Å². The number of benzene rings is 2. The smallest absolute Gasteiger partial charge is 0.141 e. The van der Waals surface area contributed by atoms with Crippen LogP contribution in [0.25, 0.3) is 33.5 Å². The Balaban J connectivity index is 1.79. The van der Waals surface area contributed by atoms with Gasteiger partial charge in [-0.3, -0.25) is 4.98 Å². The lowest BCUT2D eigenvalue weighted by molar-refractivity contribution is 0.631. The lowest BCUT2D eigenvalue weighted by atomic mass is 9.95. The number of nitrogen functional groups attached to an aromatic ring is 1. The van der Waals surface area contributed by atoms with Crippen LogP contribution in [0.2, 0.25) is 0 Å². The monoisotopic (exact) mass is 348 g/mol. The van der Waals surface area contributed by atoms with Crippen molar-refractivity contribution >= 4 is 17.4 Å². The average Bonchev–Trinajstić information content (AvgIpc) is 3.17. The molecular formula is C19H13FN4S. The van der Waals surface area contributed by atoms with Crippen molar-refractivity contribution in [1.82, 2.24) is 14.3 Å². The molecule has 0 aliphatic rings. The number of rotatable bonds is 3. The molecule has 0 aliphatic heterocycles. The molecule has 0 radical (unpaired) electrons. The summed E-state index contributed by atoms with van der Waals surface area (Å²) in [5.74, 6) is -0.0473. The van der Waals surface area contributed by atoms with Crippen LogP contribution in [0.1, 0.15) is 0 Å². The van der Waals surface area contributed by atoms with Gasteiger partial charge in [0.25, 0.3) is 0 Å². The predicted molar refractivity (Wildman–Crippen MR) is 98.4 cm³/mol. The van der Waals surface area contributed by atoms with Gasteiger partial charge in [-0.1, -0.05) is 30.3 Å². The van der Waals surface area contributed by atoms with Crippen molar-refractivity contribution < 1.29 is 4.39 Å². The van der Waals surface area contributed by atoms with Crippen LogP contribution in [-0.2, 0) is 0 Å². The standard InChI is InChI=1S/C19H13FN4S/c20-17-7-12(5-6-16(17)18-9-23-19(21)10-22-18)14-3-1-2-4-15(14)13-8-24-25-11-13/h1-11H,(H2,21,23). The van der Waals surface area contributed by atoms with Crippen molar-refractivity contribution in [2.75, 3.05) is 5.73 Å². The molecule has 2 N–H and O–H groups in total. The van der Waals surface area contributed by atoms with Gasteiger partial charge in [0.2, 0.25) is 0 Å². The van der Waals surface area contributed by atoms with Gasteiger partial charge in [-0.15, -0.1) is 0 Å². The molecule has 0 aliphatic carbocycles. The van der Waals surface area contributed by atoms with Gasteiger partial charge in [-0.05, 0) is 40.4 Å². The summed E-state index contributed by atoms with van der Waals surface area (Å²) in [6.07, 6.45) is 4.71. The third-order valence-corrected chi connectivity index (χ3v) is 4.48. The van der Waals surface area contributed by atoms with Gasteiger partial charge >= 0.3 is 0 Å². The maximum absolute atomic E-state index is 14.7. The van der Waals surface area contributed by atoms with Crippen LogP contribution in [0, 0.1) is 5.82 Å². The molecule has 25 heavy (non-hydrogen) atoms. The Kier molecular flexibility index (Phi) is 3.95. The summed E-state index contributed by atoms with van der Waals surface area (Å²) in [5.41, 5.74) is 10.2. The molecule has 4 aromatic rings. The first kappa shape index (κ1) is 15.4. The molecule has 6 heteroatoms. The highest BCUT2D eigenvalue weighted by Gasteiger charge is 2.12. The van der Waals surface area contributed by atoms with E-state index in [-0.39, 0.29) is 5.82 Å². The minimum Gasteiger partial charge on any atom is -0.382 e. The Labute approximate surface area is 148 Å². The molecule has 122 valence electrons. The van der Waals surface area contributed by atoms with E-state index in [1.165, 1.54) is 30.0 Å². The number of halogens is 1. The highest BCUT2D eigenvalue weighted by Crippen LogP contribution is 2.34. The first-order valence-electron chi connectivity index (χ1n) is 7.59. The summed E-state index contributed by atoms with van der Waals surface area (Å²) in [6, 6.07) is 13.0. The molecule has 0 saturated heterocycles. The summed E-state index contributed by atoms with van der Waals surface area (Å²) < 4.78 is 18.8. The van der Waals surface area contributed by atoms with Gasteiger partial charge in [0.05, 0.1) is 18.1 Å². The summed E-state index contributed by atoms with van der Waals surface area (Å²) in [5, 5.41) is 1.98. The first-order valence-corrected chi connectivity index (χ1v) is 8.42. The van der Waals surface area contributed by atoms with E-state index in [1.807, 2.05) is 41.9 Å². The van der Waals surface area contributed by atoms with Gasteiger partial charge < -0.3 is 5.73 Å². The van der Waals surface area contributed by atoms with Crippen LogP contribution < -0.4 is 5.73 Å². The van der Waals surface area contributed by atoms with Crippen molar-refractivity contribution in [2.45, 2.75) is 0 Å². The Hall–Kier alpha value is -3.12. The van der Waals surface area contributed by atoms with Crippen LogP contribution in [0.5, 0.6) is 0 Å². The fourth-order valence-electron chi connectivity index (χ4n) is 2.69. The van der Waals surface area contributed by atoms with E-state index in [9.17, 15) is 4.39 Å². The lowest BCUT2D eigenvalue weighted by Crippen LogP contribution is -1.94. The van der Waals surface area contributed by atoms with Crippen LogP contribution in [-0.4, -0.2) is 14.3 Å². The largest absolute Gasteiger partial charge is 0.382 e. The lowest BCUT2D eigenvalue weighted by Gasteiger charge is -2.10. The molecule has 2 aromatic carbocycles. The van der Waals surface area contributed by atoms with E-state index in [0.29, 0.717) is 17.1 Å². The van der Waals surface area contributed by atoms with Gasteiger partial charge in [0.15, 0.2) is 0 Å². The van der Waals surface area contributed by atoms with Crippen molar-refractivity contribution in [3.8, 4) is 33.5 Å². The normalized spacial score (nSPS) is 10.8. The quantitative estimate of drug-likeness (QED) is 0.585. The van der Waals surface area contributed by atoms with Gasteiger partial charge in [0.1, 0.15) is 11.6 Å². The van der Waals surface area contributed by atoms with E-state index in [2.05, 4.69) is 14.3 Å². The maximum Gasteiger partial charge on any atom is 0.141 e. The SMILES string of the molecule is Nc1cnc(-c2ccc(-c3ccccc3-c3cnsc3)cc2F)cn1. The Bertz CT molecular complexity index is 1010. The van der Waals surface area contributed by atoms with Gasteiger partial charge in [-0.25, -0.2) is 13.7 Å². The molecule has 0 bridgehead atoms. The Morgan fingerprint density at radius 3 is 2.28 bits per heavy atom. The van der Waals surface area contributed by atoms with E-state index < -0.39 is 0 Å². The van der Waals surface area contributed by atoms with Crippen molar-refractivity contribution in [3.05, 3.63) is 72.3 Å². The zero-order chi connectivity index (χ0) is 17.2. The summed E-state index contributed by atoms with van der Waals surface area (Å²) in [6.45, 7) is 0. The Morgan fingerprint density at radius 2 is 1.64 bits per heavy atom. The van der Waals surface area contributed by atoms with E-state index >= 15 is 0 Å². The van der Waals surface area contributed by atoms with Crippen LogP contribution in [0.4, 0.5) is 10.2 Å². The van der Waals surface area contributed by atoms with E-state index in [0.717, 1.165) is 22.3 Å². The predicted octanol–water partition coefficient (Wildman–Crippen LogP) is 4.66. The van der Waals surface area contributed by atoms with Crippen LogP contribution in [0.3, 0.4) is 0 Å². The minimum atomic E-state index is -0.352. The number of hydrogen-bond acceptors (Lipinski definition) is 5. The minimum absolute atomic E-state index is 0.305. The molecule has 4 rings (SSSR count). The number of nitrogens with zero attached hydrogens (tertiary/aromatic N) is 3. The highest BCUT2D eigenvalue weighted by atomic mass is 32.1. The number of anilines is 1. The van der Waals surface area contributed by atoms with Crippen molar-refractivity contribution in [3.63, 3.8) is 0 Å². The molecule has 4 nitrogen and oxygen atoms in total. The number of aromatic nitrogens is 3. The fourth-order valence-corrected chi connectivity index (χ4v) is 3.23. The molecule has 0 saturated carbocycles. The van der Waals surface area contributed by atoms with Gasteiger partial charge in [0, 0.05) is 22.7 Å². The third-order valence-electron chi connectivity index (χ3n) is 3.90. The molecule has 0 atom stereocenters. The zero-order valence-corrected chi connectivity index (χ0v) is 13.9. The van der Waals surface area contributed by atoms with Crippen molar-refractivity contribution in [2.24, 2.45) is 0 Å². The Morgan fingerprint density at radius 1 is 0.840 bits per heavy atom. The second-order valence-corrected chi connectivity index (χ2v) is 6.14. The molecule has 0 unspecified atom stereocenters. The van der Waals surface area contributed by atoms with Crippen molar-refractivity contribution in [1.29, 1.82) is 0 Å². The second kappa shape index (κ2) is 6.41. The summed E-state index contributed by atoms with van der Waals surface area (Å²) >= 11 is 1.39. The zero-order valence-electron chi connectivity index (χ0n) is 13.1. The first-order chi connectivity index (χ1) is 12.2. The highest BCUT2D eigenvalue weighted by molar-refractivity contribution is 7.03. The molecule has 0 spiro atoms. The number of hydrogen-bond donors (Lipinski definition) is 1. The van der Waals surface area contributed by atoms with Crippen LogP contribution in [0.15, 0.2) is 66.4 Å². The molecule has 2 aromatic heterocycles. The van der Waals surface area contributed by atoms with Gasteiger partial charge in [-0.2, -0.15) is 0 Å². The summed E-state index contributed by atoms with van der Waals surface area (Å²) in [4.78, 5) is 8.10. The fraction of sp³-hybridized carbons (Fsp3) is 0. The maximum atomic E-state index is 14.7. The molecule has 2 heterocycles. The van der Waals surface area contributed by atoms with E-state index in [1.54, 1.807) is 6.07 Å². The third kappa shape index (κ3) is 2.99. The molecule has 0 amide bonds. The second-order valence-electron chi connectivity index (χ2n) is 5.48.